The van der Waals surface area contributed by atoms with Gasteiger partial charge in [-0.25, -0.2) is 0 Å². The summed E-state index contributed by atoms with van der Waals surface area (Å²) in [6.07, 6.45) is 3.10. The van der Waals surface area contributed by atoms with Gasteiger partial charge in [0.2, 0.25) is 0 Å². The number of rotatable bonds is 1. The van der Waals surface area contributed by atoms with Crippen LogP contribution in [0.15, 0.2) is 24.3 Å². The molecule has 1 heteroatoms. The minimum atomic E-state index is 0.238. The largest absolute Gasteiger partial charge is 0.371 e. The summed E-state index contributed by atoms with van der Waals surface area (Å²) in [4.78, 5) is 0. The van der Waals surface area contributed by atoms with Crippen LogP contribution in [0.1, 0.15) is 57.8 Å². The quantitative estimate of drug-likeness (QED) is 0.685. The van der Waals surface area contributed by atoms with Gasteiger partial charge in [0.05, 0.1) is 12.2 Å². The molecule has 16 heavy (non-hydrogen) atoms. The molecule has 0 amide bonds. The van der Waals surface area contributed by atoms with Crippen molar-refractivity contribution in [3.8, 4) is 0 Å². The summed E-state index contributed by atoms with van der Waals surface area (Å²) in [5.74, 6) is 0. The summed E-state index contributed by atoms with van der Waals surface area (Å²) < 4.78 is 5.87. The molecule has 0 radical (unpaired) electrons. The smallest absolute Gasteiger partial charge is 0.0829 e. The van der Waals surface area contributed by atoms with Gasteiger partial charge in [0, 0.05) is 0 Å². The van der Waals surface area contributed by atoms with Crippen molar-refractivity contribution >= 4 is 0 Å². The van der Waals surface area contributed by atoms with Crippen molar-refractivity contribution < 1.29 is 4.74 Å². The van der Waals surface area contributed by atoms with Gasteiger partial charge in [0.1, 0.15) is 0 Å². The third-order valence-corrected chi connectivity index (χ3v) is 3.38. The van der Waals surface area contributed by atoms with Crippen LogP contribution in [-0.4, -0.2) is 6.10 Å². The zero-order valence-electron chi connectivity index (χ0n) is 10.8. The number of hydrogen-bond acceptors (Lipinski definition) is 1. The highest BCUT2D eigenvalue weighted by Gasteiger charge is 2.23. The zero-order valence-corrected chi connectivity index (χ0v) is 10.8. The van der Waals surface area contributed by atoms with E-state index in [9.17, 15) is 0 Å². The summed E-state index contributed by atoms with van der Waals surface area (Å²) in [6.45, 7) is 8.89. The van der Waals surface area contributed by atoms with Gasteiger partial charge in [0.25, 0.3) is 0 Å². The molecule has 1 fully saturated rings. The summed E-state index contributed by atoms with van der Waals surface area (Å²) >= 11 is 0. The highest BCUT2D eigenvalue weighted by Crippen LogP contribution is 2.33. The highest BCUT2D eigenvalue weighted by atomic mass is 16.5. The van der Waals surface area contributed by atoms with E-state index in [0.29, 0.717) is 12.2 Å². The lowest BCUT2D eigenvalue weighted by molar-refractivity contribution is 0.0555. The molecule has 2 atom stereocenters. The third kappa shape index (κ3) is 2.46. The maximum atomic E-state index is 5.87. The highest BCUT2D eigenvalue weighted by molar-refractivity contribution is 5.29. The van der Waals surface area contributed by atoms with Gasteiger partial charge in [-0.15, -0.1) is 0 Å². The Hall–Kier alpha value is -0.820. The van der Waals surface area contributed by atoms with Gasteiger partial charge in [-0.1, -0.05) is 45.0 Å². The molecule has 2 rings (SSSR count). The molecule has 0 spiro atoms. The Morgan fingerprint density at radius 2 is 1.69 bits per heavy atom. The van der Waals surface area contributed by atoms with E-state index in [0.717, 1.165) is 6.42 Å². The Labute approximate surface area is 98.8 Å². The summed E-state index contributed by atoms with van der Waals surface area (Å²) in [5.41, 5.74) is 2.96. The molecule has 1 aliphatic rings. The number of benzene rings is 1. The standard InChI is InChI=1S/C15H22O/c1-11-5-10-14(16-11)12-6-8-13(9-7-12)15(2,3)4/h6-9,11,14H,5,10H2,1-4H3/t11-,14-/m1/s1. The molecule has 0 aliphatic carbocycles. The van der Waals surface area contributed by atoms with E-state index >= 15 is 0 Å². The van der Waals surface area contributed by atoms with Gasteiger partial charge >= 0.3 is 0 Å². The van der Waals surface area contributed by atoms with Crippen molar-refractivity contribution in [3.63, 3.8) is 0 Å². The van der Waals surface area contributed by atoms with E-state index in [4.69, 9.17) is 4.74 Å². The molecule has 0 bridgehead atoms. The fraction of sp³-hybridized carbons (Fsp3) is 0.600. The van der Waals surface area contributed by atoms with E-state index in [1.807, 2.05) is 0 Å². The molecule has 1 saturated heterocycles. The average Bonchev–Trinajstić information content (AvgIpc) is 2.64. The molecule has 0 aromatic heterocycles. The first-order valence-corrected chi connectivity index (χ1v) is 6.23. The van der Waals surface area contributed by atoms with Crippen LogP contribution in [-0.2, 0) is 10.2 Å². The van der Waals surface area contributed by atoms with Crippen LogP contribution in [0.2, 0.25) is 0 Å². The van der Waals surface area contributed by atoms with Gasteiger partial charge in [-0.2, -0.15) is 0 Å². The molecule has 0 N–H and O–H groups in total. The second kappa shape index (κ2) is 4.21. The van der Waals surface area contributed by atoms with Gasteiger partial charge in [-0.3, -0.25) is 0 Å². The maximum Gasteiger partial charge on any atom is 0.0829 e. The van der Waals surface area contributed by atoms with E-state index in [1.54, 1.807) is 0 Å². The van der Waals surface area contributed by atoms with Crippen molar-refractivity contribution in [2.45, 2.75) is 58.2 Å². The third-order valence-electron chi connectivity index (χ3n) is 3.38. The molecule has 88 valence electrons. The second-order valence-electron chi connectivity index (χ2n) is 5.88. The minimum absolute atomic E-state index is 0.238. The summed E-state index contributed by atoms with van der Waals surface area (Å²) in [6, 6.07) is 8.93. The van der Waals surface area contributed by atoms with Crippen LogP contribution < -0.4 is 0 Å². The first-order chi connectivity index (χ1) is 7.47. The monoisotopic (exact) mass is 218 g/mol. The normalized spacial score (nSPS) is 26.0. The molecule has 1 aromatic rings. The van der Waals surface area contributed by atoms with Crippen LogP contribution in [0, 0.1) is 0 Å². The van der Waals surface area contributed by atoms with Crippen molar-refractivity contribution in [3.05, 3.63) is 35.4 Å². The minimum Gasteiger partial charge on any atom is -0.371 e. The first kappa shape index (κ1) is 11.7. The van der Waals surface area contributed by atoms with Crippen LogP contribution in [0.3, 0.4) is 0 Å². The molecular formula is C15H22O. The summed E-state index contributed by atoms with van der Waals surface area (Å²) in [7, 11) is 0. The maximum absolute atomic E-state index is 5.87. The first-order valence-electron chi connectivity index (χ1n) is 6.23. The Balaban J connectivity index is 2.14. The Kier molecular flexibility index (Phi) is 3.07. The molecule has 1 heterocycles. The molecule has 1 aliphatic heterocycles. The van der Waals surface area contributed by atoms with Crippen molar-refractivity contribution in [1.29, 1.82) is 0 Å². The van der Waals surface area contributed by atoms with Crippen LogP contribution in [0.5, 0.6) is 0 Å². The lowest BCUT2D eigenvalue weighted by Crippen LogP contribution is -2.11. The van der Waals surface area contributed by atoms with E-state index in [-0.39, 0.29) is 5.41 Å². The van der Waals surface area contributed by atoms with E-state index in [2.05, 4.69) is 52.0 Å². The Morgan fingerprint density at radius 1 is 1.06 bits per heavy atom. The Morgan fingerprint density at radius 3 is 2.12 bits per heavy atom. The van der Waals surface area contributed by atoms with Crippen LogP contribution in [0.25, 0.3) is 0 Å². The zero-order chi connectivity index (χ0) is 11.8. The van der Waals surface area contributed by atoms with E-state index < -0.39 is 0 Å². The van der Waals surface area contributed by atoms with Crippen LogP contribution >= 0.6 is 0 Å². The summed E-state index contributed by atoms with van der Waals surface area (Å²) in [5, 5.41) is 0. The number of hydrogen-bond donors (Lipinski definition) is 0. The predicted octanol–water partition coefficient (Wildman–Crippen LogP) is 4.22. The van der Waals surface area contributed by atoms with Gasteiger partial charge in [-0.05, 0) is 36.3 Å². The van der Waals surface area contributed by atoms with Crippen LogP contribution in [0.4, 0.5) is 0 Å². The SMILES string of the molecule is C[C@@H]1CC[C@H](c2ccc(C(C)(C)C)cc2)O1. The topological polar surface area (TPSA) is 9.23 Å². The molecule has 0 unspecified atom stereocenters. The fourth-order valence-corrected chi connectivity index (χ4v) is 2.25. The van der Waals surface area contributed by atoms with Crippen molar-refractivity contribution in [2.75, 3.05) is 0 Å². The molecular weight excluding hydrogens is 196 g/mol. The van der Waals surface area contributed by atoms with E-state index in [1.165, 1.54) is 17.5 Å². The predicted molar refractivity (Wildman–Crippen MR) is 67.7 cm³/mol. The molecule has 1 aromatic carbocycles. The number of ether oxygens (including phenoxy) is 1. The lowest BCUT2D eigenvalue weighted by atomic mass is 9.86. The Bertz CT molecular complexity index is 345. The molecule has 1 nitrogen and oxygen atoms in total. The lowest BCUT2D eigenvalue weighted by Gasteiger charge is -2.20. The van der Waals surface area contributed by atoms with Crippen molar-refractivity contribution in [2.24, 2.45) is 0 Å². The fourth-order valence-electron chi connectivity index (χ4n) is 2.25. The van der Waals surface area contributed by atoms with Gasteiger partial charge < -0.3 is 4.74 Å². The van der Waals surface area contributed by atoms with Gasteiger partial charge in [0.15, 0.2) is 0 Å². The molecule has 0 saturated carbocycles. The average molecular weight is 218 g/mol. The second-order valence-corrected chi connectivity index (χ2v) is 5.88. The van der Waals surface area contributed by atoms with Crippen molar-refractivity contribution in [1.82, 2.24) is 0 Å².